The average molecular weight is 559 g/mol. The van der Waals surface area contributed by atoms with Gasteiger partial charge in [-0.2, -0.15) is 4.41 Å². The number of carbonyl (C=O) groups is 2. The van der Waals surface area contributed by atoms with Gasteiger partial charge in [-0.1, -0.05) is 62.4 Å². The van der Waals surface area contributed by atoms with E-state index in [0.29, 0.717) is 19.4 Å². The largest absolute Gasteiger partial charge is 0.350 e. The monoisotopic (exact) mass is 558 g/mol. The van der Waals surface area contributed by atoms with E-state index in [-0.39, 0.29) is 18.2 Å². The first-order valence-electron chi connectivity index (χ1n) is 13.2. The maximum atomic E-state index is 13.7. The van der Waals surface area contributed by atoms with Crippen molar-refractivity contribution >= 4 is 33.7 Å². The summed E-state index contributed by atoms with van der Waals surface area (Å²) in [6.45, 7) is 4.43. The highest BCUT2D eigenvalue weighted by atomic mass is 32.2. The van der Waals surface area contributed by atoms with Gasteiger partial charge in [-0.3, -0.25) is 15.0 Å². The van der Waals surface area contributed by atoms with E-state index >= 15 is 0 Å². The molecule has 1 aliphatic heterocycles. The molecule has 0 bridgehead atoms. The first-order chi connectivity index (χ1) is 18.6. The van der Waals surface area contributed by atoms with Crippen LogP contribution in [-0.2, 0) is 29.2 Å². The summed E-state index contributed by atoms with van der Waals surface area (Å²) in [5, 5.41) is 0. The number of hydroxylamine groups is 1. The zero-order valence-corrected chi connectivity index (χ0v) is 23.5. The van der Waals surface area contributed by atoms with Gasteiger partial charge in [0, 0.05) is 19.2 Å². The Bertz CT molecular complexity index is 1190. The number of allylic oxidation sites excluding steroid dienone is 1. The third-order valence-corrected chi connectivity index (χ3v) is 7.16. The number of amides is 2. The molecule has 0 aliphatic carbocycles. The maximum Gasteiger partial charge on any atom is 0.251 e. The van der Waals surface area contributed by atoms with Crippen LogP contribution in [0.1, 0.15) is 51.5 Å². The van der Waals surface area contributed by atoms with E-state index in [1.54, 1.807) is 12.1 Å². The van der Waals surface area contributed by atoms with Gasteiger partial charge in [-0.25, -0.2) is 23.7 Å². The molecule has 1 aliphatic rings. The molecule has 3 atom stereocenters. The summed E-state index contributed by atoms with van der Waals surface area (Å²) >= 11 is 0. The minimum atomic E-state index is -3.92. The van der Waals surface area contributed by atoms with Gasteiger partial charge in [-0.05, 0) is 49.3 Å². The van der Waals surface area contributed by atoms with Gasteiger partial charge >= 0.3 is 0 Å². The van der Waals surface area contributed by atoms with Crippen LogP contribution in [0.25, 0.3) is 6.08 Å². The first kappa shape index (κ1) is 30.3. The fourth-order valence-corrected chi connectivity index (χ4v) is 5.00. The number of ether oxygens (including phenoxy) is 1. The number of pyridine rings is 1. The Labute approximate surface area is 230 Å². The summed E-state index contributed by atoms with van der Waals surface area (Å²) in [5.74, 6) is -2.72. The van der Waals surface area contributed by atoms with E-state index in [0.717, 1.165) is 29.1 Å². The van der Waals surface area contributed by atoms with E-state index in [1.165, 1.54) is 12.3 Å². The molecule has 3 rings (SSSR count). The van der Waals surface area contributed by atoms with Crippen molar-refractivity contribution in [2.75, 3.05) is 17.3 Å². The van der Waals surface area contributed by atoms with Crippen molar-refractivity contribution in [3.8, 4) is 0 Å². The summed E-state index contributed by atoms with van der Waals surface area (Å²) < 4.78 is 31.4. The zero-order chi connectivity index (χ0) is 28.3. The van der Waals surface area contributed by atoms with Crippen molar-refractivity contribution in [2.24, 2.45) is 17.8 Å². The number of hydrogen-bond donors (Lipinski definition) is 2. The molecule has 0 radical (unpaired) electrons. The quantitative estimate of drug-likeness (QED) is 0.358. The summed E-state index contributed by atoms with van der Waals surface area (Å²) in [6, 6.07) is 14.3. The van der Waals surface area contributed by atoms with E-state index in [9.17, 15) is 18.0 Å². The Balaban J connectivity index is 1.86. The van der Waals surface area contributed by atoms with Crippen molar-refractivity contribution in [1.29, 1.82) is 0 Å². The lowest BCUT2D eigenvalue weighted by Crippen LogP contribution is -2.51. The van der Waals surface area contributed by atoms with Crippen LogP contribution in [0.2, 0.25) is 0 Å². The van der Waals surface area contributed by atoms with Gasteiger partial charge in [0.05, 0.1) is 18.1 Å². The first-order valence-corrected chi connectivity index (χ1v) is 15.0. The topological polar surface area (TPSA) is 127 Å². The number of nitrogens with zero attached hydrogens (tertiary/aromatic N) is 2. The molecule has 11 heteroatoms. The van der Waals surface area contributed by atoms with Gasteiger partial charge in [0.2, 0.25) is 11.8 Å². The third kappa shape index (κ3) is 9.76. The highest BCUT2D eigenvalue weighted by Gasteiger charge is 2.36. The third-order valence-electron chi connectivity index (χ3n) is 6.21. The second-order valence-corrected chi connectivity index (χ2v) is 11.8. The Morgan fingerprint density at radius 2 is 1.85 bits per heavy atom. The standard InChI is InChI=1S/C28H38N4O6S/c1-21(2)20-24(27(33)30-32(39(3,35)36)25-16-7-9-18-29-25)23(15-11-14-22-12-5-4-6-13-22)28(34)31-38-26-17-8-10-19-37-26/h4-7,9,11-14,16,18,21,23-24,26H,8,10,15,17,19-20H2,1-3H3,(H,30,33)(H,31,34)/b14-11+/t23-,24+,26?/m0/s1. The van der Waals surface area contributed by atoms with Gasteiger partial charge < -0.3 is 4.74 Å². The fourth-order valence-electron chi connectivity index (χ4n) is 4.30. The molecule has 1 aromatic heterocycles. The second-order valence-electron chi connectivity index (χ2n) is 9.96. The van der Waals surface area contributed by atoms with Crippen molar-refractivity contribution in [1.82, 2.24) is 15.9 Å². The fraction of sp³-hybridized carbons (Fsp3) is 0.464. The smallest absolute Gasteiger partial charge is 0.251 e. The van der Waals surface area contributed by atoms with Gasteiger partial charge in [0.1, 0.15) is 0 Å². The Morgan fingerprint density at radius 1 is 1.10 bits per heavy atom. The molecule has 10 nitrogen and oxygen atoms in total. The molecule has 1 saturated heterocycles. The molecule has 1 fully saturated rings. The lowest BCUT2D eigenvalue weighted by atomic mass is 9.82. The van der Waals surface area contributed by atoms with Gasteiger partial charge in [0.25, 0.3) is 10.0 Å². The molecule has 212 valence electrons. The van der Waals surface area contributed by atoms with E-state index < -0.39 is 40.0 Å². The lowest BCUT2D eigenvalue weighted by Gasteiger charge is -2.30. The zero-order valence-electron chi connectivity index (χ0n) is 22.7. The normalized spacial score (nSPS) is 17.5. The van der Waals surface area contributed by atoms with E-state index in [4.69, 9.17) is 9.57 Å². The molecule has 0 saturated carbocycles. The van der Waals surface area contributed by atoms with Gasteiger partial charge in [0.15, 0.2) is 12.1 Å². The predicted molar refractivity (Wildman–Crippen MR) is 149 cm³/mol. The Morgan fingerprint density at radius 3 is 2.46 bits per heavy atom. The van der Waals surface area contributed by atoms with Crippen LogP contribution in [0.4, 0.5) is 5.82 Å². The van der Waals surface area contributed by atoms with Crippen LogP contribution in [-0.4, -0.2) is 44.4 Å². The SMILES string of the molecule is CC(C)C[C@@H](C(=O)NN(c1ccccn1)S(C)(=O)=O)[C@H](C/C=C/c1ccccc1)C(=O)NOC1CCCCO1. The van der Waals surface area contributed by atoms with Crippen molar-refractivity contribution in [3.05, 3.63) is 66.4 Å². The maximum absolute atomic E-state index is 13.7. The number of anilines is 1. The minimum Gasteiger partial charge on any atom is -0.350 e. The summed E-state index contributed by atoms with van der Waals surface area (Å²) in [5.41, 5.74) is 5.96. The minimum absolute atomic E-state index is 0.0401. The van der Waals surface area contributed by atoms with E-state index in [1.807, 2.05) is 56.3 Å². The number of hydrazine groups is 1. The molecular formula is C28H38N4O6S. The van der Waals surface area contributed by atoms with Crippen molar-refractivity contribution < 1.29 is 27.6 Å². The van der Waals surface area contributed by atoms with Gasteiger partial charge in [-0.15, -0.1) is 0 Å². The number of sulfonamides is 1. The predicted octanol–water partition coefficient (Wildman–Crippen LogP) is 3.84. The summed E-state index contributed by atoms with van der Waals surface area (Å²) in [6.07, 6.45) is 8.65. The molecule has 2 heterocycles. The Hall–Kier alpha value is -3.28. The van der Waals surface area contributed by atoms with Crippen LogP contribution in [0.5, 0.6) is 0 Å². The number of rotatable bonds is 13. The molecule has 1 unspecified atom stereocenters. The molecule has 39 heavy (non-hydrogen) atoms. The molecule has 0 spiro atoms. The molecule has 1 aromatic carbocycles. The van der Waals surface area contributed by atoms with Crippen LogP contribution >= 0.6 is 0 Å². The molecule has 2 amide bonds. The Kier molecular flexibility index (Phi) is 11.5. The molecular weight excluding hydrogens is 520 g/mol. The van der Waals surface area contributed by atoms with E-state index in [2.05, 4.69) is 15.9 Å². The number of carbonyl (C=O) groups excluding carboxylic acids is 2. The number of nitrogens with one attached hydrogen (secondary N) is 2. The average Bonchev–Trinajstić information content (AvgIpc) is 2.92. The van der Waals surface area contributed by atoms with Crippen LogP contribution in [0.3, 0.4) is 0 Å². The van der Waals surface area contributed by atoms with Crippen LogP contribution in [0.15, 0.2) is 60.8 Å². The van der Waals surface area contributed by atoms with Crippen LogP contribution in [0, 0.1) is 17.8 Å². The highest BCUT2D eigenvalue weighted by molar-refractivity contribution is 7.92. The summed E-state index contributed by atoms with van der Waals surface area (Å²) in [4.78, 5) is 36.7. The highest BCUT2D eigenvalue weighted by Crippen LogP contribution is 2.27. The molecule has 2 N–H and O–H groups in total. The van der Waals surface area contributed by atoms with Crippen molar-refractivity contribution in [2.45, 2.75) is 52.2 Å². The lowest BCUT2D eigenvalue weighted by molar-refractivity contribution is -0.203. The number of hydrogen-bond acceptors (Lipinski definition) is 7. The van der Waals surface area contributed by atoms with Crippen LogP contribution < -0.4 is 15.3 Å². The summed E-state index contributed by atoms with van der Waals surface area (Å²) in [7, 11) is -3.92. The number of benzene rings is 1. The van der Waals surface area contributed by atoms with Crippen molar-refractivity contribution in [3.63, 3.8) is 0 Å². The number of aromatic nitrogens is 1. The second kappa shape index (κ2) is 14.8. The molecule has 2 aromatic rings.